The van der Waals surface area contributed by atoms with Gasteiger partial charge < -0.3 is 15.5 Å². The molecule has 0 bridgehead atoms. The van der Waals surface area contributed by atoms with E-state index < -0.39 is 27.4 Å². The SMILES string of the molecule is Cc1cc2cc(C(=O)c3cnn(-c4cnc(Oc5c(F)cccc5F)cc4C)c3N)[nH]c2cc1C1CCN(S(=O)(=O)C2CC2)CC1. The van der Waals surface area contributed by atoms with Gasteiger partial charge in [0.15, 0.2) is 11.6 Å². The van der Waals surface area contributed by atoms with Crippen molar-refractivity contribution in [2.45, 2.75) is 50.7 Å². The number of sulfonamides is 1. The number of piperidine rings is 1. The van der Waals surface area contributed by atoms with Crippen LogP contribution in [0.4, 0.5) is 14.6 Å². The molecule has 0 atom stereocenters. The molecular formula is C33H32F2N6O4S. The first-order valence-corrected chi connectivity index (χ1v) is 16.6. The summed E-state index contributed by atoms with van der Waals surface area (Å²) in [6, 6.07) is 10.8. The minimum Gasteiger partial charge on any atom is -0.433 e. The van der Waals surface area contributed by atoms with Gasteiger partial charge in [-0.05, 0) is 92.5 Å². The van der Waals surface area contributed by atoms with Crippen LogP contribution >= 0.6 is 0 Å². The van der Waals surface area contributed by atoms with Crippen molar-refractivity contribution in [1.82, 2.24) is 24.1 Å². The van der Waals surface area contributed by atoms with Crippen molar-refractivity contribution in [2.75, 3.05) is 18.8 Å². The zero-order chi connectivity index (χ0) is 32.3. The van der Waals surface area contributed by atoms with Gasteiger partial charge in [0.1, 0.15) is 5.82 Å². The van der Waals surface area contributed by atoms with E-state index in [2.05, 4.69) is 21.1 Å². The number of aryl methyl sites for hydroxylation is 2. The molecule has 10 nitrogen and oxygen atoms in total. The van der Waals surface area contributed by atoms with Gasteiger partial charge in [-0.1, -0.05) is 6.07 Å². The Morgan fingerprint density at radius 2 is 1.72 bits per heavy atom. The second kappa shape index (κ2) is 11.3. The molecule has 46 heavy (non-hydrogen) atoms. The summed E-state index contributed by atoms with van der Waals surface area (Å²) in [5.74, 6) is -2.29. The average molecular weight is 647 g/mol. The number of hydrogen-bond donors (Lipinski definition) is 2. The number of aromatic nitrogens is 4. The van der Waals surface area contributed by atoms with E-state index in [1.807, 2.05) is 13.0 Å². The molecule has 2 aliphatic rings. The first-order chi connectivity index (χ1) is 22.0. The molecule has 238 valence electrons. The van der Waals surface area contributed by atoms with Crippen molar-refractivity contribution in [1.29, 1.82) is 0 Å². The third-order valence-corrected chi connectivity index (χ3v) is 11.3. The molecule has 0 unspecified atom stereocenters. The maximum atomic E-state index is 14.0. The van der Waals surface area contributed by atoms with E-state index in [0.29, 0.717) is 30.0 Å². The minimum atomic E-state index is -3.17. The Bertz CT molecular complexity index is 2090. The summed E-state index contributed by atoms with van der Waals surface area (Å²) in [6.07, 6.45) is 5.82. The van der Waals surface area contributed by atoms with Crippen LogP contribution < -0.4 is 10.5 Å². The van der Waals surface area contributed by atoms with E-state index in [1.165, 1.54) is 29.2 Å². The number of aromatic amines is 1. The summed E-state index contributed by atoms with van der Waals surface area (Å²) in [6.45, 7) is 4.82. The van der Waals surface area contributed by atoms with E-state index in [0.717, 1.165) is 59.8 Å². The largest absolute Gasteiger partial charge is 0.433 e. The smallest absolute Gasteiger partial charge is 0.219 e. The van der Waals surface area contributed by atoms with Crippen LogP contribution in [0.2, 0.25) is 0 Å². The fourth-order valence-corrected chi connectivity index (χ4v) is 8.10. The number of ketones is 1. The summed E-state index contributed by atoms with van der Waals surface area (Å²) < 4.78 is 61.8. The molecule has 0 radical (unpaired) electrons. The van der Waals surface area contributed by atoms with Gasteiger partial charge in [0, 0.05) is 30.1 Å². The zero-order valence-corrected chi connectivity index (χ0v) is 26.1. The van der Waals surface area contributed by atoms with Crippen LogP contribution in [0.5, 0.6) is 11.6 Å². The van der Waals surface area contributed by atoms with E-state index in [9.17, 15) is 22.0 Å². The number of carbonyl (C=O) groups excluding carboxylic acids is 1. The van der Waals surface area contributed by atoms with Gasteiger partial charge in [-0.15, -0.1) is 0 Å². The van der Waals surface area contributed by atoms with Crippen molar-refractivity contribution < 1.29 is 26.7 Å². The Kier molecular flexibility index (Phi) is 7.40. The molecule has 5 aromatic rings. The van der Waals surface area contributed by atoms with E-state index in [1.54, 1.807) is 17.3 Å². The maximum Gasteiger partial charge on any atom is 0.219 e. The third-order valence-electron chi connectivity index (χ3n) is 8.91. The van der Waals surface area contributed by atoms with Gasteiger partial charge in [0.05, 0.1) is 34.6 Å². The minimum absolute atomic E-state index is 0.0196. The lowest BCUT2D eigenvalue weighted by Gasteiger charge is -2.32. The molecule has 0 amide bonds. The number of ether oxygens (including phenoxy) is 1. The van der Waals surface area contributed by atoms with Crippen molar-refractivity contribution in [3.8, 4) is 17.3 Å². The summed E-state index contributed by atoms with van der Waals surface area (Å²) >= 11 is 0. The normalized spacial score (nSPS) is 16.3. The van der Waals surface area contributed by atoms with Crippen LogP contribution in [0.1, 0.15) is 64.3 Å². The molecule has 13 heteroatoms. The number of carbonyl (C=O) groups is 1. The average Bonchev–Trinajstić information content (AvgIpc) is 3.72. The van der Waals surface area contributed by atoms with Crippen LogP contribution in [-0.4, -0.2) is 56.6 Å². The summed E-state index contributed by atoms with van der Waals surface area (Å²) in [5.41, 5.74) is 11.1. The first kappa shape index (κ1) is 30.1. The van der Waals surface area contributed by atoms with Gasteiger partial charge in [0.25, 0.3) is 0 Å². The van der Waals surface area contributed by atoms with Gasteiger partial charge >= 0.3 is 0 Å². The molecule has 1 saturated carbocycles. The van der Waals surface area contributed by atoms with Crippen LogP contribution in [0.15, 0.2) is 54.9 Å². The zero-order valence-electron chi connectivity index (χ0n) is 25.3. The lowest BCUT2D eigenvalue weighted by atomic mass is 9.87. The molecule has 1 aliphatic heterocycles. The number of para-hydroxylation sites is 1. The Labute approximate surface area is 264 Å². The van der Waals surface area contributed by atoms with Gasteiger partial charge in [0.2, 0.25) is 27.4 Å². The fraction of sp³-hybridized carbons (Fsp3) is 0.303. The van der Waals surface area contributed by atoms with Crippen molar-refractivity contribution in [3.05, 3.63) is 94.4 Å². The molecule has 4 heterocycles. The highest BCUT2D eigenvalue weighted by Gasteiger charge is 2.41. The first-order valence-electron chi connectivity index (χ1n) is 15.1. The fourth-order valence-electron chi connectivity index (χ4n) is 6.23. The molecule has 2 aromatic carbocycles. The Morgan fingerprint density at radius 3 is 2.39 bits per heavy atom. The molecule has 2 fully saturated rings. The molecule has 0 spiro atoms. The lowest BCUT2D eigenvalue weighted by molar-refractivity contribution is 0.103. The lowest BCUT2D eigenvalue weighted by Crippen LogP contribution is -2.39. The number of hydrogen-bond acceptors (Lipinski definition) is 7. The topological polar surface area (TPSA) is 136 Å². The van der Waals surface area contributed by atoms with Crippen molar-refractivity contribution in [2.24, 2.45) is 0 Å². The number of anilines is 1. The number of rotatable bonds is 8. The van der Waals surface area contributed by atoms with E-state index >= 15 is 0 Å². The van der Waals surface area contributed by atoms with Crippen LogP contribution in [0.3, 0.4) is 0 Å². The Morgan fingerprint density at radius 1 is 1.00 bits per heavy atom. The number of halogens is 2. The molecule has 1 saturated heterocycles. The highest BCUT2D eigenvalue weighted by atomic mass is 32.2. The monoisotopic (exact) mass is 646 g/mol. The number of nitrogen functional groups attached to an aromatic ring is 1. The summed E-state index contributed by atoms with van der Waals surface area (Å²) in [4.78, 5) is 21.0. The van der Waals surface area contributed by atoms with E-state index in [-0.39, 0.29) is 34.2 Å². The third kappa shape index (κ3) is 5.32. The van der Waals surface area contributed by atoms with Crippen LogP contribution in [0.25, 0.3) is 16.6 Å². The number of nitrogens with one attached hydrogen (secondary N) is 1. The number of fused-ring (bicyclic) bond motifs is 1. The number of H-pyrrole nitrogens is 1. The highest BCUT2D eigenvalue weighted by molar-refractivity contribution is 7.90. The number of benzene rings is 2. The Hall–Kier alpha value is -4.62. The van der Waals surface area contributed by atoms with Crippen molar-refractivity contribution in [3.63, 3.8) is 0 Å². The van der Waals surface area contributed by atoms with E-state index in [4.69, 9.17) is 10.5 Å². The molecular weight excluding hydrogens is 614 g/mol. The molecule has 1 aliphatic carbocycles. The molecule has 3 N–H and O–H groups in total. The van der Waals surface area contributed by atoms with Crippen LogP contribution in [-0.2, 0) is 10.0 Å². The quantitative estimate of drug-likeness (QED) is 0.200. The predicted octanol–water partition coefficient (Wildman–Crippen LogP) is 5.92. The predicted molar refractivity (Wildman–Crippen MR) is 169 cm³/mol. The summed E-state index contributed by atoms with van der Waals surface area (Å²) in [7, 11) is -3.17. The van der Waals surface area contributed by atoms with Gasteiger partial charge in [-0.25, -0.2) is 31.2 Å². The molecule has 7 rings (SSSR count). The van der Waals surface area contributed by atoms with Crippen LogP contribution in [0, 0.1) is 25.5 Å². The van der Waals surface area contributed by atoms with Gasteiger partial charge in [-0.3, -0.25) is 4.79 Å². The van der Waals surface area contributed by atoms with Gasteiger partial charge in [-0.2, -0.15) is 5.10 Å². The number of nitrogens with two attached hydrogens (primary N) is 1. The highest BCUT2D eigenvalue weighted by Crippen LogP contribution is 2.37. The molecule has 3 aromatic heterocycles. The Balaban J connectivity index is 1.10. The standard InChI is InChI=1S/C33H32F2N6O4S/c1-18-12-21-14-28(39-27(21)15-23(18)20-8-10-40(11-9-20)46(43,44)22-6-7-22)31(42)24-16-38-41(33(24)36)29-17-37-30(13-19(29)2)45-32-25(34)4-3-5-26(32)35/h3-5,12-17,20,22,39H,6-11,36H2,1-2H3. The maximum absolute atomic E-state index is 14.0. The number of pyridine rings is 1. The number of nitrogens with zero attached hydrogens (tertiary/aromatic N) is 4. The second-order valence-electron chi connectivity index (χ2n) is 12.0. The second-order valence-corrected chi connectivity index (χ2v) is 14.3. The summed E-state index contributed by atoms with van der Waals surface area (Å²) in [5, 5.41) is 5.01. The van der Waals surface area contributed by atoms with Crippen molar-refractivity contribution >= 4 is 32.5 Å².